The number of likely N-dealkylation sites (N-methyl/N-ethyl adjacent to an activating group) is 1. The number of nitrogens with one attached hydrogen (secondary N) is 1. The molecular weight excluding hydrogens is 512 g/mol. The van der Waals surface area contributed by atoms with Crippen LogP contribution < -0.4 is 10.1 Å². The molecule has 2 aromatic carbocycles. The normalized spacial score (nSPS) is 12.2. The molecule has 0 fully saturated rings. The van der Waals surface area contributed by atoms with Gasteiger partial charge in [-0.2, -0.15) is 0 Å². The molecule has 0 bridgehead atoms. The summed E-state index contributed by atoms with van der Waals surface area (Å²) in [6.07, 6.45) is 0. The van der Waals surface area contributed by atoms with Gasteiger partial charge in [-0.15, -0.1) is 0 Å². The van der Waals surface area contributed by atoms with Crippen molar-refractivity contribution in [2.75, 3.05) is 13.7 Å². The van der Waals surface area contributed by atoms with Crippen molar-refractivity contribution in [3.8, 4) is 5.75 Å². The highest BCUT2D eigenvalue weighted by Crippen LogP contribution is 2.31. The zero-order chi connectivity index (χ0) is 22.5. The second-order valence-electron chi connectivity index (χ2n) is 8.13. The monoisotopic (exact) mass is 538 g/mol. The summed E-state index contributed by atoms with van der Waals surface area (Å²) in [5.41, 5.74) is 2.10. The molecule has 0 saturated carbocycles. The molecule has 2 amide bonds. The van der Waals surface area contributed by atoms with Crippen LogP contribution in [0.3, 0.4) is 0 Å². The summed E-state index contributed by atoms with van der Waals surface area (Å²) >= 11 is 6.98. The van der Waals surface area contributed by atoms with Crippen molar-refractivity contribution >= 4 is 43.7 Å². The van der Waals surface area contributed by atoms with E-state index in [9.17, 15) is 9.59 Å². The number of ether oxygens (including phenoxy) is 1. The van der Waals surface area contributed by atoms with Crippen molar-refractivity contribution in [1.82, 2.24) is 10.2 Å². The van der Waals surface area contributed by atoms with E-state index in [4.69, 9.17) is 4.74 Å². The van der Waals surface area contributed by atoms with E-state index in [0.717, 1.165) is 20.1 Å². The Hall–Kier alpha value is -1.86. The average molecular weight is 540 g/mol. The van der Waals surface area contributed by atoms with Crippen molar-refractivity contribution in [2.45, 2.75) is 45.7 Å². The molecule has 0 heterocycles. The first-order valence-electron chi connectivity index (χ1n) is 9.71. The summed E-state index contributed by atoms with van der Waals surface area (Å²) in [5.74, 6) is 0.0956. The maximum Gasteiger partial charge on any atom is 0.261 e. The minimum Gasteiger partial charge on any atom is -0.483 e. The third-order valence-corrected chi connectivity index (χ3v) is 5.92. The molecular formula is C23H28Br2N2O3. The summed E-state index contributed by atoms with van der Waals surface area (Å²) in [6, 6.07) is 12.9. The van der Waals surface area contributed by atoms with Crippen molar-refractivity contribution in [1.29, 1.82) is 0 Å². The van der Waals surface area contributed by atoms with E-state index in [1.807, 2.05) is 42.5 Å². The highest BCUT2D eigenvalue weighted by atomic mass is 79.9. The lowest BCUT2D eigenvalue weighted by molar-refractivity contribution is -0.142. The van der Waals surface area contributed by atoms with Gasteiger partial charge in [0.1, 0.15) is 11.8 Å². The Kier molecular flexibility index (Phi) is 8.50. The van der Waals surface area contributed by atoms with Gasteiger partial charge in [0.15, 0.2) is 6.61 Å². The molecule has 0 radical (unpaired) electrons. The molecule has 0 aliphatic rings. The van der Waals surface area contributed by atoms with Crippen LogP contribution in [0.15, 0.2) is 51.4 Å². The van der Waals surface area contributed by atoms with Crippen molar-refractivity contribution in [3.63, 3.8) is 0 Å². The zero-order valence-electron chi connectivity index (χ0n) is 18.0. The first kappa shape index (κ1) is 24.4. The number of carbonyl (C=O) groups is 2. The van der Waals surface area contributed by atoms with Crippen molar-refractivity contribution < 1.29 is 14.3 Å². The smallest absolute Gasteiger partial charge is 0.261 e. The number of rotatable bonds is 7. The van der Waals surface area contributed by atoms with Gasteiger partial charge in [0.2, 0.25) is 5.91 Å². The lowest BCUT2D eigenvalue weighted by Gasteiger charge is -2.28. The van der Waals surface area contributed by atoms with Gasteiger partial charge in [0, 0.05) is 18.1 Å². The first-order chi connectivity index (χ1) is 14.0. The van der Waals surface area contributed by atoms with Gasteiger partial charge >= 0.3 is 0 Å². The first-order valence-corrected chi connectivity index (χ1v) is 11.3. The van der Waals surface area contributed by atoms with Crippen molar-refractivity contribution in [2.24, 2.45) is 0 Å². The number of halogens is 2. The maximum absolute atomic E-state index is 13.0. The Labute approximate surface area is 195 Å². The molecule has 5 nitrogen and oxygen atoms in total. The standard InChI is InChI=1S/C23H28Br2N2O3/c1-15(22(29)26-5)27(13-16-7-6-8-18(24)11-16)21(28)14-30-20-10-9-17(12-19(20)25)23(2,3)4/h6-12,15H,13-14H2,1-5H3,(H,26,29)/t15-/m1/s1. The third-order valence-electron chi connectivity index (χ3n) is 4.80. The third kappa shape index (κ3) is 6.57. The van der Waals surface area contributed by atoms with Crippen LogP contribution in [0.5, 0.6) is 5.75 Å². The van der Waals surface area contributed by atoms with Crippen LogP contribution in [0.25, 0.3) is 0 Å². The molecule has 7 heteroatoms. The molecule has 0 spiro atoms. The summed E-state index contributed by atoms with van der Waals surface area (Å²) in [4.78, 5) is 26.7. The molecule has 1 N–H and O–H groups in total. The van der Waals surface area contributed by atoms with Gasteiger partial charge in [-0.3, -0.25) is 9.59 Å². The lowest BCUT2D eigenvalue weighted by Crippen LogP contribution is -2.48. The second-order valence-corrected chi connectivity index (χ2v) is 9.90. The topological polar surface area (TPSA) is 58.6 Å². The Morgan fingerprint density at radius 2 is 1.83 bits per heavy atom. The van der Waals surface area contributed by atoms with E-state index in [0.29, 0.717) is 12.3 Å². The number of benzene rings is 2. The van der Waals surface area contributed by atoms with Crippen LogP contribution in [0.2, 0.25) is 0 Å². The predicted octanol–water partition coefficient (Wildman–Crippen LogP) is 5.05. The predicted molar refractivity (Wildman–Crippen MR) is 127 cm³/mol. The molecule has 2 rings (SSSR count). The highest BCUT2D eigenvalue weighted by Gasteiger charge is 2.26. The van der Waals surface area contributed by atoms with Gasteiger partial charge in [0.05, 0.1) is 4.47 Å². The molecule has 0 aliphatic heterocycles. The fraction of sp³-hybridized carbons (Fsp3) is 0.391. The number of hydrogen-bond acceptors (Lipinski definition) is 3. The van der Waals surface area contributed by atoms with Crippen LogP contribution in [-0.4, -0.2) is 36.4 Å². The minimum atomic E-state index is -0.628. The van der Waals surface area contributed by atoms with E-state index < -0.39 is 6.04 Å². The molecule has 1 atom stereocenters. The maximum atomic E-state index is 13.0. The van der Waals surface area contributed by atoms with E-state index in [1.165, 1.54) is 4.90 Å². The molecule has 0 saturated heterocycles. The summed E-state index contributed by atoms with van der Waals surface area (Å²) < 4.78 is 7.50. The number of hydrogen-bond donors (Lipinski definition) is 1. The van der Waals surface area contributed by atoms with Gasteiger partial charge < -0.3 is 15.0 Å². The van der Waals surface area contributed by atoms with Crippen LogP contribution >= 0.6 is 31.9 Å². The summed E-state index contributed by atoms with van der Waals surface area (Å²) in [7, 11) is 1.56. The molecule has 30 heavy (non-hydrogen) atoms. The second kappa shape index (κ2) is 10.4. The van der Waals surface area contributed by atoms with Crippen LogP contribution in [0.1, 0.15) is 38.8 Å². The van der Waals surface area contributed by atoms with Gasteiger partial charge in [-0.1, -0.05) is 54.9 Å². The van der Waals surface area contributed by atoms with Crippen molar-refractivity contribution in [3.05, 3.63) is 62.5 Å². The van der Waals surface area contributed by atoms with Crippen LogP contribution in [0, 0.1) is 0 Å². The van der Waals surface area contributed by atoms with E-state index in [2.05, 4.69) is 57.9 Å². The quantitative estimate of drug-likeness (QED) is 0.535. The lowest BCUT2D eigenvalue weighted by atomic mass is 9.87. The molecule has 2 aromatic rings. The fourth-order valence-electron chi connectivity index (χ4n) is 2.93. The minimum absolute atomic E-state index is 0.0145. The number of carbonyl (C=O) groups excluding carboxylic acids is 2. The summed E-state index contributed by atoms with van der Waals surface area (Å²) in [5, 5.41) is 2.61. The number of amides is 2. The number of nitrogens with zero attached hydrogens (tertiary/aromatic N) is 1. The Morgan fingerprint density at radius 1 is 1.13 bits per heavy atom. The van der Waals surface area contributed by atoms with Crippen LogP contribution in [-0.2, 0) is 21.5 Å². The SMILES string of the molecule is CNC(=O)[C@@H](C)N(Cc1cccc(Br)c1)C(=O)COc1ccc(C(C)(C)C)cc1Br. The van der Waals surface area contributed by atoms with E-state index in [1.54, 1.807) is 14.0 Å². The molecule has 162 valence electrons. The molecule has 0 unspecified atom stereocenters. The Bertz CT molecular complexity index is 910. The highest BCUT2D eigenvalue weighted by molar-refractivity contribution is 9.10. The largest absolute Gasteiger partial charge is 0.483 e. The van der Waals surface area contributed by atoms with Crippen LogP contribution in [0.4, 0.5) is 0 Å². The fourth-order valence-corrected chi connectivity index (χ4v) is 3.87. The van der Waals surface area contributed by atoms with E-state index in [-0.39, 0.29) is 23.8 Å². The van der Waals surface area contributed by atoms with Gasteiger partial charge in [0.25, 0.3) is 5.91 Å². The Balaban J connectivity index is 2.17. The van der Waals surface area contributed by atoms with Gasteiger partial charge in [-0.05, 0) is 63.7 Å². The molecule has 0 aliphatic carbocycles. The van der Waals surface area contributed by atoms with Gasteiger partial charge in [-0.25, -0.2) is 0 Å². The van der Waals surface area contributed by atoms with E-state index >= 15 is 0 Å². The Morgan fingerprint density at radius 3 is 2.40 bits per heavy atom. The average Bonchev–Trinajstić information content (AvgIpc) is 2.69. The molecule has 0 aromatic heterocycles. The zero-order valence-corrected chi connectivity index (χ0v) is 21.1. The summed E-state index contributed by atoms with van der Waals surface area (Å²) in [6.45, 7) is 8.27.